The molecule has 0 aliphatic carbocycles. The largest absolute Gasteiger partial charge is 0.491 e. The number of ether oxygens (including phenoxy) is 4. The molecule has 8 heteroatoms. The Balaban J connectivity index is 1.68. The molecule has 2 rings (SSSR count). The maximum absolute atomic E-state index is 12.2. The summed E-state index contributed by atoms with van der Waals surface area (Å²) in [5, 5.41) is 5.54. The molecule has 0 saturated heterocycles. The average Bonchev–Trinajstić information content (AvgIpc) is 2.77. The van der Waals surface area contributed by atoms with E-state index in [1.165, 1.54) is 0 Å². The van der Waals surface area contributed by atoms with Crippen molar-refractivity contribution in [3.8, 4) is 11.5 Å². The van der Waals surface area contributed by atoms with E-state index in [1.807, 2.05) is 0 Å². The highest BCUT2D eigenvalue weighted by Crippen LogP contribution is 2.13. The van der Waals surface area contributed by atoms with E-state index in [1.54, 1.807) is 62.8 Å². The lowest BCUT2D eigenvalue weighted by molar-refractivity contribution is 0.0927. The van der Waals surface area contributed by atoms with Gasteiger partial charge in [0.05, 0.1) is 13.2 Å². The van der Waals surface area contributed by atoms with Gasteiger partial charge in [-0.25, -0.2) is 0 Å². The zero-order chi connectivity index (χ0) is 21.6. The molecule has 0 radical (unpaired) electrons. The molecule has 2 aromatic carbocycles. The molecular weight excluding hydrogens is 388 g/mol. The van der Waals surface area contributed by atoms with Gasteiger partial charge >= 0.3 is 0 Å². The first-order valence-electron chi connectivity index (χ1n) is 9.64. The van der Waals surface area contributed by atoms with Crippen molar-refractivity contribution in [1.82, 2.24) is 10.6 Å². The van der Waals surface area contributed by atoms with Gasteiger partial charge < -0.3 is 29.6 Å². The minimum Gasteiger partial charge on any atom is -0.491 e. The van der Waals surface area contributed by atoms with Gasteiger partial charge in [-0.1, -0.05) is 0 Å². The highest BCUT2D eigenvalue weighted by molar-refractivity contribution is 5.95. The van der Waals surface area contributed by atoms with E-state index in [-0.39, 0.29) is 11.8 Å². The molecule has 30 heavy (non-hydrogen) atoms. The lowest BCUT2D eigenvalue weighted by Crippen LogP contribution is -2.34. The predicted molar refractivity (Wildman–Crippen MR) is 112 cm³/mol. The molecule has 0 aliphatic rings. The lowest BCUT2D eigenvalue weighted by atomic mass is 10.2. The summed E-state index contributed by atoms with van der Waals surface area (Å²) in [5.41, 5.74) is 1.04. The fourth-order valence-electron chi connectivity index (χ4n) is 2.45. The summed E-state index contributed by atoms with van der Waals surface area (Å²) in [6.07, 6.45) is 0. The molecule has 8 nitrogen and oxygen atoms in total. The Kier molecular flexibility index (Phi) is 10.2. The SMILES string of the molecule is COCCOc1ccc(C(=O)NCCNC(=O)c2ccc(OCCOC)cc2)cc1. The zero-order valence-electron chi connectivity index (χ0n) is 17.3. The fraction of sp³-hybridized carbons (Fsp3) is 0.364. The minimum atomic E-state index is -0.217. The van der Waals surface area contributed by atoms with Crippen LogP contribution in [0.25, 0.3) is 0 Å². The van der Waals surface area contributed by atoms with Crippen LogP contribution in [0.4, 0.5) is 0 Å². The maximum atomic E-state index is 12.2. The molecular formula is C22H28N2O6. The number of benzene rings is 2. The van der Waals surface area contributed by atoms with Gasteiger partial charge in [0.15, 0.2) is 0 Å². The number of amides is 2. The van der Waals surface area contributed by atoms with Gasteiger partial charge in [-0.15, -0.1) is 0 Å². The second-order valence-electron chi connectivity index (χ2n) is 6.24. The van der Waals surface area contributed by atoms with Crippen molar-refractivity contribution in [3.05, 3.63) is 59.7 Å². The molecule has 2 N–H and O–H groups in total. The number of hydrogen-bond donors (Lipinski definition) is 2. The maximum Gasteiger partial charge on any atom is 0.251 e. The first-order chi connectivity index (χ1) is 14.6. The van der Waals surface area contributed by atoms with Gasteiger partial charge in [-0.05, 0) is 48.5 Å². The van der Waals surface area contributed by atoms with Crippen molar-refractivity contribution in [1.29, 1.82) is 0 Å². The Bertz CT molecular complexity index is 710. The van der Waals surface area contributed by atoms with Crippen molar-refractivity contribution in [2.24, 2.45) is 0 Å². The average molecular weight is 416 g/mol. The van der Waals surface area contributed by atoms with E-state index >= 15 is 0 Å². The van der Waals surface area contributed by atoms with E-state index in [9.17, 15) is 9.59 Å². The van der Waals surface area contributed by atoms with Gasteiger partial charge in [0, 0.05) is 38.4 Å². The summed E-state index contributed by atoms with van der Waals surface area (Å²) >= 11 is 0. The van der Waals surface area contributed by atoms with Crippen LogP contribution in [0.5, 0.6) is 11.5 Å². The smallest absolute Gasteiger partial charge is 0.251 e. The minimum absolute atomic E-state index is 0.217. The molecule has 2 amide bonds. The van der Waals surface area contributed by atoms with Crippen LogP contribution in [-0.2, 0) is 9.47 Å². The molecule has 0 bridgehead atoms. The number of hydrogen-bond acceptors (Lipinski definition) is 6. The van der Waals surface area contributed by atoms with Gasteiger partial charge in [0.2, 0.25) is 0 Å². The van der Waals surface area contributed by atoms with Gasteiger partial charge in [-0.3, -0.25) is 9.59 Å². The monoisotopic (exact) mass is 416 g/mol. The highest BCUT2D eigenvalue weighted by Gasteiger charge is 2.07. The molecule has 0 aromatic heterocycles. The Morgan fingerprint density at radius 1 is 0.633 bits per heavy atom. The van der Waals surface area contributed by atoms with Gasteiger partial charge in [0.1, 0.15) is 24.7 Å². The first kappa shape index (κ1) is 23.2. The van der Waals surface area contributed by atoms with E-state index in [0.717, 1.165) is 0 Å². The third-order valence-corrected chi connectivity index (χ3v) is 4.04. The van der Waals surface area contributed by atoms with Crippen LogP contribution >= 0.6 is 0 Å². The van der Waals surface area contributed by atoms with E-state index < -0.39 is 0 Å². The van der Waals surface area contributed by atoms with Crippen molar-refractivity contribution in [2.75, 3.05) is 53.7 Å². The third kappa shape index (κ3) is 8.10. The Labute approximate surface area is 176 Å². The Hall–Kier alpha value is -3.10. The molecule has 0 aliphatic heterocycles. The number of rotatable bonds is 13. The Morgan fingerprint density at radius 3 is 1.33 bits per heavy atom. The summed E-state index contributed by atoms with van der Waals surface area (Å²) in [6, 6.07) is 13.7. The standard InChI is InChI=1S/C22H28N2O6/c1-27-13-15-29-19-7-3-17(4-8-19)21(25)23-11-12-24-22(26)18-5-9-20(10-6-18)30-16-14-28-2/h3-10H,11-16H2,1-2H3,(H,23,25)(H,24,26). The van der Waals surface area contributed by atoms with E-state index in [4.69, 9.17) is 18.9 Å². The molecule has 2 aromatic rings. The summed E-state index contributed by atoms with van der Waals surface area (Å²) in [4.78, 5) is 24.3. The third-order valence-electron chi connectivity index (χ3n) is 4.04. The van der Waals surface area contributed by atoms with Crippen LogP contribution in [0.2, 0.25) is 0 Å². The zero-order valence-corrected chi connectivity index (χ0v) is 17.3. The summed E-state index contributed by atoms with van der Waals surface area (Å²) < 4.78 is 20.8. The van der Waals surface area contributed by atoms with Gasteiger partial charge in [0.25, 0.3) is 11.8 Å². The normalized spacial score (nSPS) is 10.3. The summed E-state index contributed by atoms with van der Waals surface area (Å²) in [5.74, 6) is 0.910. The van der Waals surface area contributed by atoms with Crippen LogP contribution in [-0.4, -0.2) is 65.6 Å². The summed E-state index contributed by atoms with van der Waals surface area (Å²) in [7, 11) is 3.21. The quantitative estimate of drug-likeness (QED) is 0.484. The van der Waals surface area contributed by atoms with E-state index in [2.05, 4.69) is 10.6 Å². The number of carbonyl (C=O) groups is 2. The number of nitrogens with one attached hydrogen (secondary N) is 2. The van der Waals surface area contributed by atoms with Crippen molar-refractivity contribution in [2.45, 2.75) is 0 Å². The highest BCUT2D eigenvalue weighted by atomic mass is 16.5. The molecule has 162 valence electrons. The molecule has 0 fully saturated rings. The lowest BCUT2D eigenvalue weighted by Gasteiger charge is -2.09. The fourth-order valence-corrected chi connectivity index (χ4v) is 2.45. The van der Waals surface area contributed by atoms with Crippen LogP contribution in [0, 0.1) is 0 Å². The Morgan fingerprint density at radius 2 is 1.00 bits per heavy atom. The summed E-state index contributed by atoms with van der Waals surface area (Å²) in [6.45, 7) is 2.53. The topological polar surface area (TPSA) is 95.1 Å². The van der Waals surface area contributed by atoms with Gasteiger partial charge in [-0.2, -0.15) is 0 Å². The first-order valence-corrected chi connectivity index (χ1v) is 9.64. The van der Waals surface area contributed by atoms with Crippen LogP contribution in [0.15, 0.2) is 48.5 Å². The number of methoxy groups -OCH3 is 2. The van der Waals surface area contributed by atoms with Crippen molar-refractivity contribution >= 4 is 11.8 Å². The molecule has 0 atom stereocenters. The second kappa shape index (κ2) is 13.2. The van der Waals surface area contributed by atoms with Crippen LogP contribution in [0.1, 0.15) is 20.7 Å². The molecule has 0 unspecified atom stereocenters. The second-order valence-corrected chi connectivity index (χ2v) is 6.24. The molecule has 0 spiro atoms. The van der Waals surface area contributed by atoms with Crippen molar-refractivity contribution in [3.63, 3.8) is 0 Å². The van der Waals surface area contributed by atoms with Crippen LogP contribution in [0.3, 0.4) is 0 Å². The number of carbonyl (C=O) groups excluding carboxylic acids is 2. The van der Waals surface area contributed by atoms with Crippen LogP contribution < -0.4 is 20.1 Å². The van der Waals surface area contributed by atoms with Crippen molar-refractivity contribution < 1.29 is 28.5 Å². The molecule has 0 heterocycles. The van der Waals surface area contributed by atoms with E-state index in [0.29, 0.717) is 62.1 Å². The molecule has 0 saturated carbocycles. The predicted octanol–water partition coefficient (Wildman–Crippen LogP) is 1.90.